The maximum atomic E-state index is 12.3. The van der Waals surface area contributed by atoms with E-state index < -0.39 is 0 Å². The van der Waals surface area contributed by atoms with Gasteiger partial charge >= 0.3 is 0 Å². The zero-order valence-electron chi connectivity index (χ0n) is 10.1. The molecule has 0 bridgehead atoms. The number of hydrogen-bond donors (Lipinski definition) is 1. The molecule has 0 spiro atoms. The van der Waals surface area contributed by atoms with Crippen LogP contribution >= 0.6 is 0 Å². The van der Waals surface area contributed by atoms with Gasteiger partial charge in [-0.2, -0.15) is 0 Å². The van der Waals surface area contributed by atoms with Crippen molar-refractivity contribution in [3.05, 3.63) is 36.0 Å². The van der Waals surface area contributed by atoms with Crippen LogP contribution in [0.5, 0.6) is 0 Å². The molecule has 0 saturated carbocycles. The second-order valence-corrected chi connectivity index (χ2v) is 3.83. The SMILES string of the molecule is CCCN(OC)C(=O)c1cccc2[nH]ccc12. The summed E-state index contributed by atoms with van der Waals surface area (Å²) in [6.45, 7) is 2.60. The van der Waals surface area contributed by atoms with Crippen molar-refractivity contribution < 1.29 is 9.63 Å². The maximum Gasteiger partial charge on any atom is 0.278 e. The first kappa shape index (κ1) is 11.7. The van der Waals surface area contributed by atoms with E-state index in [2.05, 4.69) is 4.98 Å². The first-order valence-electron chi connectivity index (χ1n) is 5.70. The molecule has 1 aromatic carbocycles. The second-order valence-electron chi connectivity index (χ2n) is 3.83. The number of amides is 1. The molecule has 0 unspecified atom stereocenters. The molecule has 0 atom stereocenters. The highest BCUT2D eigenvalue weighted by Gasteiger charge is 2.17. The number of H-pyrrole nitrogens is 1. The van der Waals surface area contributed by atoms with Crippen LogP contribution in [0.3, 0.4) is 0 Å². The van der Waals surface area contributed by atoms with Crippen LogP contribution in [0.4, 0.5) is 0 Å². The average molecular weight is 232 g/mol. The molecular formula is C13H16N2O2. The highest BCUT2D eigenvalue weighted by molar-refractivity contribution is 6.05. The van der Waals surface area contributed by atoms with Crippen LogP contribution in [-0.2, 0) is 4.84 Å². The topological polar surface area (TPSA) is 45.3 Å². The largest absolute Gasteiger partial charge is 0.361 e. The van der Waals surface area contributed by atoms with Gasteiger partial charge in [0.05, 0.1) is 12.7 Å². The lowest BCUT2D eigenvalue weighted by Crippen LogP contribution is -2.30. The van der Waals surface area contributed by atoms with Gasteiger partial charge in [0.2, 0.25) is 0 Å². The summed E-state index contributed by atoms with van der Waals surface area (Å²) in [6, 6.07) is 7.54. The van der Waals surface area contributed by atoms with Crippen LogP contribution in [0.25, 0.3) is 10.9 Å². The predicted molar refractivity (Wildman–Crippen MR) is 66.6 cm³/mol. The third-order valence-corrected chi connectivity index (χ3v) is 2.70. The van der Waals surface area contributed by atoms with Crippen molar-refractivity contribution in [1.82, 2.24) is 10.0 Å². The molecule has 0 saturated heterocycles. The number of aromatic amines is 1. The molecule has 0 aliphatic rings. The van der Waals surface area contributed by atoms with Gasteiger partial charge in [-0.25, -0.2) is 5.06 Å². The molecule has 2 aromatic rings. The smallest absolute Gasteiger partial charge is 0.278 e. The lowest BCUT2D eigenvalue weighted by molar-refractivity contribution is -0.0946. The average Bonchev–Trinajstić information content (AvgIpc) is 2.83. The lowest BCUT2D eigenvalue weighted by atomic mass is 10.1. The quantitative estimate of drug-likeness (QED) is 0.823. The van der Waals surface area contributed by atoms with E-state index >= 15 is 0 Å². The Labute approximate surface area is 100 Å². The van der Waals surface area contributed by atoms with Crippen molar-refractivity contribution in [2.45, 2.75) is 13.3 Å². The first-order chi connectivity index (χ1) is 8.27. The standard InChI is InChI=1S/C13H16N2O2/c1-3-9-15(17-2)13(16)11-5-4-6-12-10(11)7-8-14-12/h4-8,14H,3,9H2,1-2H3. The predicted octanol–water partition coefficient (Wildman–Crippen LogP) is 2.58. The van der Waals surface area contributed by atoms with Crippen molar-refractivity contribution in [1.29, 1.82) is 0 Å². The molecule has 4 nitrogen and oxygen atoms in total. The number of nitrogens with one attached hydrogen (secondary N) is 1. The van der Waals surface area contributed by atoms with E-state index in [-0.39, 0.29) is 5.91 Å². The summed E-state index contributed by atoms with van der Waals surface area (Å²) in [5.74, 6) is -0.0976. The number of hydroxylamine groups is 2. The summed E-state index contributed by atoms with van der Waals surface area (Å²) in [4.78, 5) is 20.5. The van der Waals surface area contributed by atoms with Gasteiger partial charge < -0.3 is 4.98 Å². The number of carbonyl (C=O) groups excluding carboxylic acids is 1. The fourth-order valence-corrected chi connectivity index (χ4v) is 1.89. The van der Waals surface area contributed by atoms with Gasteiger partial charge in [-0.15, -0.1) is 0 Å². The van der Waals surface area contributed by atoms with Crippen LogP contribution < -0.4 is 0 Å². The molecule has 90 valence electrons. The van der Waals surface area contributed by atoms with Gasteiger partial charge in [-0.1, -0.05) is 13.0 Å². The minimum Gasteiger partial charge on any atom is -0.361 e. The number of nitrogens with zero attached hydrogens (tertiary/aromatic N) is 1. The Morgan fingerprint density at radius 1 is 1.41 bits per heavy atom. The third kappa shape index (κ3) is 2.17. The molecule has 4 heteroatoms. The van der Waals surface area contributed by atoms with Crippen LogP contribution in [0, 0.1) is 0 Å². The van der Waals surface area contributed by atoms with Crippen LogP contribution in [0.1, 0.15) is 23.7 Å². The summed E-state index contributed by atoms with van der Waals surface area (Å²) in [5.41, 5.74) is 1.63. The van der Waals surface area contributed by atoms with Crippen molar-refractivity contribution in [3.8, 4) is 0 Å². The van der Waals surface area contributed by atoms with Gasteiger partial charge in [-0.3, -0.25) is 9.63 Å². The van der Waals surface area contributed by atoms with Gasteiger partial charge in [0.25, 0.3) is 5.91 Å². The fraction of sp³-hybridized carbons (Fsp3) is 0.308. The molecule has 1 N–H and O–H groups in total. The summed E-state index contributed by atoms with van der Waals surface area (Å²) >= 11 is 0. The Bertz CT molecular complexity index is 519. The van der Waals surface area contributed by atoms with Gasteiger partial charge in [0, 0.05) is 23.6 Å². The Morgan fingerprint density at radius 3 is 2.94 bits per heavy atom. The van der Waals surface area contributed by atoms with Gasteiger partial charge in [-0.05, 0) is 24.6 Å². The van der Waals surface area contributed by atoms with E-state index in [9.17, 15) is 4.79 Å². The highest BCUT2D eigenvalue weighted by Crippen LogP contribution is 2.19. The molecule has 0 radical (unpaired) electrons. The molecule has 0 aliphatic heterocycles. The van der Waals surface area contributed by atoms with E-state index in [0.29, 0.717) is 12.1 Å². The maximum absolute atomic E-state index is 12.3. The van der Waals surface area contributed by atoms with E-state index in [0.717, 1.165) is 17.3 Å². The van der Waals surface area contributed by atoms with Crippen molar-refractivity contribution in [3.63, 3.8) is 0 Å². The number of fused-ring (bicyclic) bond motifs is 1. The number of carbonyl (C=O) groups is 1. The molecule has 0 aliphatic carbocycles. The van der Waals surface area contributed by atoms with Gasteiger partial charge in [0.1, 0.15) is 0 Å². The van der Waals surface area contributed by atoms with E-state index in [4.69, 9.17) is 4.84 Å². The molecular weight excluding hydrogens is 216 g/mol. The summed E-state index contributed by atoms with van der Waals surface area (Å²) in [5, 5.41) is 2.32. The number of rotatable bonds is 4. The Hall–Kier alpha value is -1.81. The normalized spacial score (nSPS) is 10.7. The Morgan fingerprint density at radius 2 is 2.24 bits per heavy atom. The summed E-state index contributed by atoms with van der Waals surface area (Å²) in [7, 11) is 1.52. The first-order valence-corrected chi connectivity index (χ1v) is 5.70. The summed E-state index contributed by atoms with van der Waals surface area (Å²) < 4.78 is 0. The molecule has 1 amide bonds. The van der Waals surface area contributed by atoms with Crippen molar-refractivity contribution >= 4 is 16.8 Å². The minimum absolute atomic E-state index is 0.0976. The molecule has 1 aromatic heterocycles. The Kier molecular flexibility index (Phi) is 3.44. The van der Waals surface area contributed by atoms with E-state index in [1.54, 1.807) is 0 Å². The molecule has 1 heterocycles. The molecule has 0 fully saturated rings. The Balaban J connectivity index is 2.38. The van der Waals surface area contributed by atoms with Crippen molar-refractivity contribution in [2.24, 2.45) is 0 Å². The van der Waals surface area contributed by atoms with Crippen LogP contribution in [-0.4, -0.2) is 29.6 Å². The van der Waals surface area contributed by atoms with E-state index in [1.807, 2.05) is 37.4 Å². The fourth-order valence-electron chi connectivity index (χ4n) is 1.89. The minimum atomic E-state index is -0.0976. The lowest BCUT2D eigenvalue weighted by Gasteiger charge is -2.19. The zero-order valence-corrected chi connectivity index (χ0v) is 10.1. The van der Waals surface area contributed by atoms with E-state index in [1.165, 1.54) is 12.2 Å². The second kappa shape index (κ2) is 5.01. The van der Waals surface area contributed by atoms with Crippen LogP contribution in [0.2, 0.25) is 0 Å². The summed E-state index contributed by atoms with van der Waals surface area (Å²) in [6.07, 6.45) is 2.70. The van der Waals surface area contributed by atoms with Gasteiger partial charge in [0.15, 0.2) is 0 Å². The van der Waals surface area contributed by atoms with Crippen LogP contribution in [0.15, 0.2) is 30.5 Å². The molecule has 2 rings (SSSR count). The monoisotopic (exact) mass is 232 g/mol. The van der Waals surface area contributed by atoms with Crippen molar-refractivity contribution in [2.75, 3.05) is 13.7 Å². The number of benzene rings is 1. The molecule has 17 heavy (non-hydrogen) atoms. The zero-order chi connectivity index (χ0) is 12.3. The highest BCUT2D eigenvalue weighted by atomic mass is 16.7. The number of hydrogen-bond acceptors (Lipinski definition) is 2. The number of aromatic nitrogens is 1. The third-order valence-electron chi connectivity index (χ3n) is 2.70.